The zero-order chi connectivity index (χ0) is 96.4. The highest BCUT2D eigenvalue weighted by molar-refractivity contribution is 7.99. The van der Waals surface area contributed by atoms with Gasteiger partial charge in [-0.05, 0) is 248 Å². The number of nitrogens with two attached hydrogens (primary N) is 1. The van der Waals surface area contributed by atoms with E-state index in [9.17, 15) is 45.9 Å². The van der Waals surface area contributed by atoms with Gasteiger partial charge >= 0.3 is 0 Å². The first-order valence-electron chi connectivity index (χ1n) is 39.5. The van der Waals surface area contributed by atoms with Crippen LogP contribution >= 0.6 is 129 Å². The van der Waals surface area contributed by atoms with E-state index in [-0.39, 0.29) is 72.2 Å². The third-order valence-corrected chi connectivity index (χ3v) is 23.8. The number of nitrogen functional groups attached to an aromatic ring is 1. The van der Waals surface area contributed by atoms with Gasteiger partial charge in [0.25, 0.3) is 28.2 Å². The van der Waals surface area contributed by atoms with Gasteiger partial charge in [-0.25, -0.2) is 76.7 Å². The van der Waals surface area contributed by atoms with Crippen molar-refractivity contribution in [2.24, 2.45) is 0 Å². The van der Waals surface area contributed by atoms with Gasteiger partial charge in [0.15, 0.2) is 20.6 Å². The molecule has 138 heavy (non-hydrogen) atoms. The lowest BCUT2D eigenvalue weighted by atomic mass is 10.2. The smallest absolute Gasteiger partial charge is 0.272 e. The fourth-order valence-corrected chi connectivity index (χ4v) is 15.8. The molecular weight excluding hydrogens is 2000 g/mol. The number of hydrogen-bond donors (Lipinski definition) is 4. The molecule has 0 aliphatic rings. The summed E-state index contributed by atoms with van der Waals surface area (Å²) in [6.07, 6.45) is 15.6. The highest BCUT2D eigenvalue weighted by atomic mass is 35.5. The second kappa shape index (κ2) is 48.1. The molecule has 0 aliphatic carbocycles. The maximum Gasteiger partial charge on any atom is 0.272 e. The Balaban J connectivity index is 0.000000152. The molecule has 10 aromatic heterocycles. The Kier molecular flexibility index (Phi) is 36.1. The standard InChI is InChI=1S/C20H14ClFN4O3S.2C20H14ClFN4OS.2C14H9ClFN3OS.C6H6ClN.2CH4/c1-28-29-30-20-23-11-12-10-17(19(27)24-16-5-3-2-4-15(16)21)26(18(12)25-20)14-8-6-13(22)7-9-14;2*1-28-20-23-11-12-10-17(19(27)24-16-5-3-2-4-15(16)21)26(18(12)25-20)14-8-6-13(22)7-9-14;2*1-21-14-17-7-8-6-11(12(15)20)19(13(8)18-14)10-4-2-9(16)3-5-10;7-5-3-1-2-4-6(5)8;;/h2-11H,1H3,(H,24,27);2*2-11H,1H3,(H,24,27);2*2-7H,1H3;1-4H,8H2;2*1H4. The average Bonchev–Trinajstić information content (AvgIpc) is 1.64. The second-order valence-corrected chi connectivity index (χ2v) is 33.9. The van der Waals surface area contributed by atoms with Crippen LogP contribution in [-0.4, -0.2) is 133 Å². The van der Waals surface area contributed by atoms with Crippen molar-refractivity contribution in [1.82, 2.24) is 72.7 Å². The number of carbonyl (C=O) groups excluding carboxylic acids is 5. The van der Waals surface area contributed by atoms with Crippen molar-refractivity contribution >= 4 is 235 Å². The van der Waals surface area contributed by atoms with Crippen LogP contribution in [0.5, 0.6) is 0 Å². The minimum absolute atomic E-state index is 0. The van der Waals surface area contributed by atoms with Crippen molar-refractivity contribution in [2.75, 3.05) is 53.8 Å². The quantitative estimate of drug-likeness (QED) is 0.00805. The summed E-state index contributed by atoms with van der Waals surface area (Å²) in [5.41, 5.74) is 14.7. The molecule has 3 amide bonds. The summed E-state index contributed by atoms with van der Waals surface area (Å²) in [5.74, 6) is -2.95. The summed E-state index contributed by atoms with van der Waals surface area (Å²) in [6, 6.07) is 65.4. The van der Waals surface area contributed by atoms with E-state index < -0.39 is 22.2 Å². The maximum absolute atomic E-state index is 13.5. The van der Waals surface area contributed by atoms with Crippen LogP contribution in [0.25, 0.3) is 83.6 Å². The number of nitrogens with zero attached hydrogens (tertiary/aromatic N) is 15. The maximum atomic E-state index is 13.5. The first kappa shape index (κ1) is 104. The van der Waals surface area contributed by atoms with E-state index in [1.807, 2.05) is 37.2 Å². The van der Waals surface area contributed by atoms with Crippen molar-refractivity contribution in [3.05, 3.63) is 357 Å². The summed E-state index contributed by atoms with van der Waals surface area (Å²) in [5, 5.41) is 15.1. The Morgan fingerprint density at radius 1 is 0.319 bits per heavy atom. The molecule has 0 unspecified atom stereocenters. The van der Waals surface area contributed by atoms with E-state index in [2.05, 4.69) is 70.7 Å². The van der Waals surface area contributed by atoms with Crippen LogP contribution in [0, 0.1) is 29.1 Å². The molecule has 702 valence electrons. The summed E-state index contributed by atoms with van der Waals surface area (Å²) in [4.78, 5) is 110. The number of para-hydroxylation sites is 4. The SMILES string of the molecule is C.C.COOSc1ncc2cc(C(=O)Nc3ccccc3Cl)n(-c3ccc(F)cc3)c2n1.CSc1ncc2cc(C(=O)Cl)n(-c3ccc(F)cc3)c2n1.CSc1ncc2cc(C(=O)Cl)n(-c3ccc(F)cc3)c2n1.CSc1ncc2cc(C(=O)Nc3ccccc3Cl)n(-c3ccc(F)cc3)c2n1.CSc1ncc2cc(C(=O)Nc3ccccc3Cl)n(-c3ccc(F)cc3)c2n1.Nc1ccccc1Cl. The fraction of sp³-hybridized carbons (Fsp3) is 0.0729. The van der Waals surface area contributed by atoms with E-state index in [1.165, 1.54) is 115 Å². The minimum Gasteiger partial charge on any atom is -0.398 e. The molecule has 0 aliphatic heterocycles. The highest BCUT2D eigenvalue weighted by Crippen LogP contribution is 2.35. The van der Waals surface area contributed by atoms with Crippen LogP contribution in [0.15, 0.2) is 305 Å². The molecule has 0 spiro atoms. The number of benzene rings is 9. The molecule has 5 N–H and O–H groups in total. The van der Waals surface area contributed by atoms with Gasteiger partial charge in [0.1, 0.15) is 97.8 Å². The summed E-state index contributed by atoms with van der Waals surface area (Å²) < 4.78 is 79.5. The number of fused-ring (bicyclic) bond motifs is 5. The van der Waals surface area contributed by atoms with E-state index in [4.69, 9.17) is 79.7 Å². The van der Waals surface area contributed by atoms with Crippen molar-refractivity contribution in [3.8, 4) is 28.4 Å². The number of halogens is 11. The van der Waals surface area contributed by atoms with Crippen LogP contribution in [0.2, 0.25) is 20.1 Å². The normalized spacial score (nSPS) is 10.7. The highest BCUT2D eigenvalue weighted by Gasteiger charge is 2.26. The number of amides is 3. The Morgan fingerprint density at radius 2 is 0.536 bits per heavy atom. The Labute approximate surface area is 836 Å². The number of anilines is 4. The van der Waals surface area contributed by atoms with Crippen LogP contribution in [-0.2, 0) is 9.22 Å². The molecule has 9 aromatic carbocycles. The minimum atomic E-state index is -0.608. The van der Waals surface area contributed by atoms with Gasteiger partial charge in [0.2, 0.25) is 5.16 Å². The van der Waals surface area contributed by atoms with Crippen molar-refractivity contribution in [3.63, 3.8) is 0 Å². The zero-order valence-electron chi connectivity index (χ0n) is 70.9. The monoisotopic (exact) mass is 2070 g/mol. The molecule has 0 fully saturated rings. The van der Waals surface area contributed by atoms with E-state index in [0.717, 1.165) is 12.0 Å². The molecule has 10 heterocycles. The number of nitrogens with one attached hydrogen (secondary N) is 3. The Hall–Kier alpha value is -13.3. The first-order chi connectivity index (χ1) is 65.7. The van der Waals surface area contributed by atoms with Crippen LogP contribution in [0.3, 0.4) is 0 Å². The molecule has 0 saturated carbocycles. The van der Waals surface area contributed by atoms with Gasteiger partial charge in [-0.2, -0.15) is 4.33 Å². The predicted octanol–water partition coefficient (Wildman–Crippen LogP) is 25.9. The lowest BCUT2D eigenvalue weighted by Crippen LogP contribution is -2.16. The molecule has 19 aromatic rings. The van der Waals surface area contributed by atoms with Crippen molar-refractivity contribution in [1.29, 1.82) is 0 Å². The molecule has 0 saturated heterocycles. The zero-order valence-corrected chi connectivity index (χ0v) is 79.5. The molecule has 26 nitrogen and oxygen atoms in total. The predicted molar refractivity (Wildman–Crippen MR) is 543 cm³/mol. The van der Waals surface area contributed by atoms with Crippen molar-refractivity contribution < 1.29 is 55.1 Å². The van der Waals surface area contributed by atoms with Crippen LogP contribution in [0.1, 0.15) is 67.3 Å². The van der Waals surface area contributed by atoms with Gasteiger partial charge in [-0.15, -0.1) is 0 Å². The molecule has 42 heteroatoms. The molecule has 19 rings (SSSR count). The number of thioether (sulfide) groups is 4. The number of carbonyl (C=O) groups is 5. The van der Waals surface area contributed by atoms with Gasteiger partial charge in [0, 0.05) is 86.4 Å². The first-order valence-corrected chi connectivity index (χ1v) is 47.4. The number of aromatic nitrogens is 15. The van der Waals surface area contributed by atoms with E-state index in [1.54, 1.807) is 230 Å². The fourth-order valence-electron chi connectivity index (χ4n) is 13.1. The summed E-state index contributed by atoms with van der Waals surface area (Å²) in [6.45, 7) is 0. The van der Waals surface area contributed by atoms with Crippen molar-refractivity contribution in [2.45, 2.75) is 40.6 Å². The topological polar surface area (TPSA) is 319 Å². The molecule has 0 radical (unpaired) electrons. The average molecular weight is 2070 g/mol. The number of hydrogen-bond acceptors (Lipinski definition) is 23. The Morgan fingerprint density at radius 3 is 0.754 bits per heavy atom. The van der Waals surface area contributed by atoms with E-state index >= 15 is 0 Å². The van der Waals surface area contributed by atoms with Crippen LogP contribution in [0.4, 0.5) is 44.7 Å². The van der Waals surface area contributed by atoms with Gasteiger partial charge in [-0.3, -0.25) is 46.8 Å². The molecule has 0 bridgehead atoms. The van der Waals surface area contributed by atoms with E-state index in [0.29, 0.717) is 158 Å². The van der Waals surface area contributed by atoms with Crippen LogP contribution < -0.4 is 21.7 Å². The van der Waals surface area contributed by atoms with Gasteiger partial charge < -0.3 is 21.7 Å². The molecular formula is C96H74Cl6F5N19O7S5. The summed E-state index contributed by atoms with van der Waals surface area (Å²) >= 11 is 41.8. The third kappa shape index (κ3) is 25.0. The largest absolute Gasteiger partial charge is 0.398 e. The summed E-state index contributed by atoms with van der Waals surface area (Å²) in [7, 11) is 1.36. The lowest BCUT2D eigenvalue weighted by molar-refractivity contribution is -0.160. The Bertz CT molecular complexity index is 7280. The third-order valence-electron chi connectivity index (χ3n) is 19.3. The van der Waals surface area contributed by atoms with Gasteiger partial charge in [-0.1, -0.05) is 157 Å². The number of rotatable bonds is 20. The molecule has 0 atom stereocenters. The lowest BCUT2D eigenvalue weighted by Gasteiger charge is -2.11. The van der Waals surface area contributed by atoms with Gasteiger partial charge in [0.05, 0.1) is 49.9 Å². The second-order valence-electron chi connectivity index (χ2n) is 27.9.